The molecule has 1 atom stereocenters. The average molecular weight is 299 g/mol. The highest BCUT2D eigenvalue weighted by atomic mass is 32.2. The summed E-state index contributed by atoms with van der Waals surface area (Å²) in [7, 11) is -3.59. The maximum atomic E-state index is 12.5. The van der Waals surface area contributed by atoms with E-state index in [9.17, 15) is 13.2 Å². The molecule has 0 aliphatic carbocycles. The zero-order chi connectivity index (χ0) is 14.8. The van der Waals surface area contributed by atoms with E-state index >= 15 is 0 Å². The lowest BCUT2D eigenvalue weighted by atomic mass is 10.2. The summed E-state index contributed by atoms with van der Waals surface area (Å²) in [5.41, 5.74) is 0.862. The number of carboxylic acid groups (broad SMARTS) is 1. The number of aryl methyl sites for hydroxylation is 1. The van der Waals surface area contributed by atoms with Crippen LogP contribution < -0.4 is 0 Å². The Kier molecular flexibility index (Phi) is 4.42. The van der Waals surface area contributed by atoms with Crippen molar-refractivity contribution in [2.24, 2.45) is 0 Å². The van der Waals surface area contributed by atoms with Crippen molar-refractivity contribution in [2.45, 2.75) is 24.3 Å². The number of benzene rings is 1. The summed E-state index contributed by atoms with van der Waals surface area (Å²) < 4.78 is 31.6. The summed E-state index contributed by atoms with van der Waals surface area (Å²) in [6.07, 6.45) is -0.791. The number of sulfonamides is 1. The van der Waals surface area contributed by atoms with Crippen molar-refractivity contribution in [3.63, 3.8) is 0 Å². The topological polar surface area (TPSA) is 83.9 Å². The first-order valence-electron chi connectivity index (χ1n) is 6.30. The van der Waals surface area contributed by atoms with Gasteiger partial charge < -0.3 is 9.84 Å². The van der Waals surface area contributed by atoms with Crippen molar-refractivity contribution < 1.29 is 23.1 Å². The third kappa shape index (κ3) is 3.36. The fourth-order valence-electron chi connectivity index (χ4n) is 2.15. The molecule has 0 radical (unpaired) electrons. The van der Waals surface area contributed by atoms with Crippen molar-refractivity contribution in [3.8, 4) is 0 Å². The Morgan fingerprint density at radius 2 is 2.25 bits per heavy atom. The zero-order valence-electron chi connectivity index (χ0n) is 11.2. The van der Waals surface area contributed by atoms with Crippen LogP contribution in [-0.4, -0.2) is 49.6 Å². The summed E-state index contributed by atoms with van der Waals surface area (Å²) in [6.45, 7) is 2.35. The van der Waals surface area contributed by atoms with Crippen LogP contribution in [0.2, 0.25) is 0 Å². The van der Waals surface area contributed by atoms with Gasteiger partial charge >= 0.3 is 5.97 Å². The molecule has 1 fully saturated rings. The Morgan fingerprint density at radius 3 is 2.90 bits per heavy atom. The van der Waals surface area contributed by atoms with E-state index in [0.29, 0.717) is 0 Å². The van der Waals surface area contributed by atoms with Crippen LogP contribution >= 0.6 is 0 Å². The number of carbonyl (C=O) groups is 1. The molecule has 6 nitrogen and oxygen atoms in total. The van der Waals surface area contributed by atoms with Gasteiger partial charge in [0, 0.05) is 13.1 Å². The summed E-state index contributed by atoms with van der Waals surface area (Å²) in [5.74, 6) is -0.996. The van der Waals surface area contributed by atoms with E-state index in [0.717, 1.165) is 5.56 Å². The second-order valence-corrected chi connectivity index (χ2v) is 6.71. The largest absolute Gasteiger partial charge is 0.481 e. The molecule has 1 N–H and O–H groups in total. The first-order valence-corrected chi connectivity index (χ1v) is 7.74. The molecule has 1 aromatic rings. The molecule has 1 saturated heterocycles. The molecule has 0 aromatic heterocycles. The Bertz CT molecular complexity index is 599. The van der Waals surface area contributed by atoms with Crippen LogP contribution in [0.15, 0.2) is 29.2 Å². The third-order valence-electron chi connectivity index (χ3n) is 3.13. The van der Waals surface area contributed by atoms with Gasteiger partial charge in [-0.25, -0.2) is 8.42 Å². The van der Waals surface area contributed by atoms with Crippen LogP contribution in [-0.2, 0) is 19.6 Å². The van der Waals surface area contributed by atoms with Crippen molar-refractivity contribution in [3.05, 3.63) is 29.8 Å². The van der Waals surface area contributed by atoms with Gasteiger partial charge in [-0.1, -0.05) is 12.1 Å². The van der Waals surface area contributed by atoms with Gasteiger partial charge in [0.15, 0.2) is 0 Å². The van der Waals surface area contributed by atoms with Gasteiger partial charge in [-0.05, 0) is 24.6 Å². The minimum Gasteiger partial charge on any atom is -0.481 e. The van der Waals surface area contributed by atoms with Crippen molar-refractivity contribution >= 4 is 16.0 Å². The monoisotopic (exact) mass is 299 g/mol. The lowest BCUT2D eigenvalue weighted by molar-refractivity contribution is -0.141. The van der Waals surface area contributed by atoms with E-state index in [4.69, 9.17) is 9.84 Å². The summed E-state index contributed by atoms with van der Waals surface area (Å²) in [4.78, 5) is 10.9. The zero-order valence-corrected chi connectivity index (χ0v) is 12.0. The quantitative estimate of drug-likeness (QED) is 0.891. The van der Waals surface area contributed by atoms with Crippen molar-refractivity contribution in [1.82, 2.24) is 4.31 Å². The van der Waals surface area contributed by atoms with E-state index in [2.05, 4.69) is 0 Å². The Hall–Kier alpha value is -1.44. The molecule has 0 bridgehead atoms. The third-order valence-corrected chi connectivity index (χ3v) is 4.99. The van der Waals surface area contributed by atoms with Gasteiger partial charge in [-0.15, -0.1) is 0 Å². The van der Waals surface area contributed by atoms with Gasteiger partial charge in [-0.3, -0.25) is 4.79 Å². The molecular weight excluding hydrogens is 282 g/mol. The lowest BCUT2D eigenvalue weighted by Gasteiger charge is -2.31. The van der Waals surface area contributed by atoms with Crippen LogP contribution in [0.1, 0.15) is 12.0 Å². The average Bonchev–Trinajstić information content (AvgIpc) is 2.38. The maximum absolute atomic E-state index is 12.5. The van der Waals surface area contributed by atoms with Crippen LogP contribution in [0, 0.1) is 6.92 Å². The molecule has 1 aliphatic rings. The molecule has 1 unspecified atom stereocenters. The van der Waals surface area contributed by atoms with E-state index in [1.165, 1.54) is 4.31 Å². The fourth-order valence-corrected chi connectivity index (χ4v) is 3.71. The molecule has 2 rings (SSSR count). The molecular formula is C13H17NO5S. The van der Waals surface area contributed by atoms with E-state index in [-0.39, 0.29) is 31.0 Å². The second kappa shape index (κ2) is 5.90. The van der Waals surface area contributed by atoms with Crippen LogP contribution in [0.25, 0.3) is 0 Å². The summed E-state index contributed by atoms with van der Waals surface area (Å²) in [6, 6.07) is 6.67. The van der Waals surface area contributed by atoms with E-state index in [1.54, 1.807) is 18.2 Å². The molecule has 110 valence electrons. The Balaban J connectivity index is 2.19. The number of nitrogens with zero attached hydrogens (tertiary/aromatic N) is 1. The Morgan fingerprint density at radius 1 is 1.50 bits per heavy atom. The molecule has 7 heteroatoms. The standard InChI is InChI=1S/C13H17NO5S/c1-10-3-2-4-12(7-10)20(17,18)14-5-6-19-11(9-14)8-13(15)16/h2-4,7,11H,5-6,8-9H2,1H3,(H,15,16). The fraction of sp³-hybridized carbons (Fsp3) is 0.462. The molecule has 0 spiro atoms. The van der Waals surface area contributed by atoms with Gasteiger partial charge in [0.05, 0.1) is 24.0 Å². The normalized spacial score (nSPS) is 20.8. The first-order chi connectivity index (χ1) is 9.39. The number of hydrogen-bond acceptors (Lipinski definition) is 4. The smallest absolute Gasteiger partial charge is 0.306 e. The predicted molar refractivity (Wildman–Crippen MR) is 71.9 cm³/mol. The van der Waals surface area contributed by atoms with E-state index < -0.39 is 22.1 Å². The molecule has 1 heterocycles. The molecule has 20 heavy (non-hydrogen) atoms. The van der Waals surface area contributed by atoms with Crippen LogP contribution in [0.3, 0.4) is 0 Å². The molecule has 0 amide bonds. The number of hydrogen-bond donors (Lipinski definition) is 1. The predicted octanol–water partition coefficient (Wildman–Crippen LogP) is 0.859. The number of aliphatic carboxylic acids is 1. The summed E-state index contributed by atoms with van der Waals surface area (Å²) >= 11 is 0. The number of morpholine rings is 1. The minimum atomic E-state index is -3.59. The molecule has 1 aromatic carbocycles. The van der Waals surface area contributed by atoms with Crippen molar-refractivity contribution in [1.29, 1.82) is 0 Å². The number of ether oxygens (including phenoxy) is 1. The van der Waals surface area contributed by atoms with Gasteiger partial charge in [0.2, 0.25) is 10.0 Å². The summed E-state index contributed by atoms with van der Waals surface area (Å²) in [5, 5.41) is 8.76. The minimum absolute atomic E-state index is 0.0720. The number of carboxylic acids is 1. The van der Waals surface area contributed by atoms with Gasteiger partial charge in [0.1, 0.15) is 0 Å². The highest BCUT2D eigenvalue weighted by molar-refractivity contribution is 7.89. The van der Waals surface area contributed by atoms with E-state index in [1.807, 2.05) is 13.0 Å². The first kappa shape index (κ1) is 15.0. The second-order valence-electron chi connectivity index (χ2n) is 4.77. The van der Waals surface area contributed by atoms with Crippen LogP contribution in [0.4, 0.5) is 0 Å². The molecule has 0 saturated carbocycles. The lowest BCUT2D eigenvalue weighted by Crippen LogP contribution is -2.46. The van der Waals surface area contributed by atoms with Gasteiger partial charge in [0.25, 0.3) is 0 Å². The van der Waals surface area contributed by atoms with Crippen molar-refractivity contribution in [2.75, 3.05) is 19.7 Å². The Labute approximate surface area is 118 Å². The van der Waals surface area contributed by atoms with Gasteiger partial charge in [-0.2, -0.15) is 4.31 Å². The highest BCUT2D eigenvalue weighted by Gasteiger charge is 2.31. The molecule has 1 aliphatic heterocycles. The SMILES string of the molecule is Cc1cccc(S(=O)(=O)N2CCOC(CC(=O)O)C2)c1. The number of rotatable bonds is 4. The highest BCUT2D eigenvalue weighted by Crippen LogP contribution is 2.20. The maximum Gasteiger partial charge on any atom is 0.306 e. The van der Waals surface area contributed by atoms with Crippen LogP contribution in [0.5, 0.6) is 0 Å².